The molecule has 4 atom stereocenters. The van der Waals surface area contributed by atoms with Crippen molar-refractivity contribution < 1.29 is 4.74 Å². The lowest BCUT2D eigenvalue weighted by molar-refractivity contribution is -0.0906. The van der Waals surface area contributed by atoms with Crippen LogP contribution in [-0.4, -0.2) is 42.8 Å². The van der Waals surface area contributed by atoms with Gasteiger partial charge in [0.1, 0.15) is 0 Å². The van der Waals surface area contributed by atoms with E-state index in [1.807, 2.05) is 0 Å². The van der Waals surface area contributed by atoms with Crippen molar-refractivity contribution in [3.63, 3.8) is 0 Å². The molecule has 3 nitrogen and oxygen atoms in total. The summed E-state index contributed by atoms with van der Waals surface area (Å²) in [4.78, 5) is 2.77. The molecule has 116 valence electrons. The molecule has 0 aromatic carbocycles. The summed E-state index contributed by atoms with van der Waals surface area (Å²) in [6, 6.07) is 0. The fraction of sp³-hybridized carbons (Fsp3) is 1.00. The summed E-state index contributed by atoms with van der Waals surface area (Å²) >= 11 is 0. The van der Waals surface area contributed by atoms with Crippen LogP contribution >= 0.6 is 0 Å². The van der Waals surface area contributed by atoms with Gasteiger partial charge in [-0.2, -0.15) is 0 Å². The van der Waals surface area contributed by atoms with Crippen LogP contribution in [0, 0.1) is 11.8 Å². The van der Waals surface area contributed by atoms with Crippen LogP contribution in [0.3, 0.4) is 0 Å². The average molecular weight is 280 g/mol. The molecular weight excluding hydrogens is 248 g/mol. The molecular formula is C17H32N2O. The summed E-state index contributed by atoms with van der Waals surface area (Å²) in [6.45, 7) is 6.53. The van der Waals surface area contributed by atoms with E-state index in [0.717, 1.165) is 44.2 Å². The molecule has 0 radical (unpaired) electrons. The third kappa shape index (κ3) is 2.77. The third-order valence-electron chi connectivity index (χ3n) is 6.33. The molecule has 2 aliphatic heterocycles. The zero-order valence-corrected chi connectivity index (χ0v) is 13.2. The molecule has 0 aromatic rings. The number of hydrogen-bond acceptors (Lipinski definition) is 3. The largest absolute Gasteiger partial charge is 0.378 e. The smallest absolute Gasteiger partial charge is 0.0590 e. The summed E-state index contributed by atoms with van der Waals surface area (Å²) in [5, 5.41) is 0. The van der Waals surface area contributed by atoms with Crippen LogP contribution in [0.1, 0.15) is 58.3 Å². The van der Waals surface area contributed by atoms with Gasteiger partial charge in [-0.05, 0) is 50.5 Å². The predicted molar refractivity (Wildman–Crippen MR) is 82.7 cm³/mol. The van der Waals surface area contributed by atoms with Gasteiger partial charge >= 0.3 is 0 Å². The first-order valence-corrected chi connectivity index (χ1v) is 8.84. The molecule has 2 N–H and O–H groups in total. The van der Waals surface area contributed by atoms with E-state index in [1.165, 1.54) is 45.2 Å². The Balaban J connectivity index is 1.69. The lowest BCUT2D eigenvalue weighted by Crippen LogP contribution is -2.61. The zero-order chi connectivity index (χ0) is 14.0. The Morgan fingerprint density at radius 1 is 1.20 bits per heavy atom. The second-order valence-electron chi connectivity index (χ2n) is 7.32. The van der Waals surface area contributed by atoms with Crippen LogP contribution < -0.4 is 5.73 Å². The SMILES string of the molecule is CCC1CC(CN)(N2CCC3CCCCC3C2)CCO1. The van der Waals surface area contributed by atoms with Crippen molar-refractivity contribution in [1.82, 2.24) is 4.90 Å². The molecule has 2 heterocycles. The summed E-state index contributed by atoms with van der Waals surface area (Å²) < 4.78 is 5.90. The van der Waals surface area contributed by atoms with Crippen LogP contribution in [0.2, 0.25) is 0 Å². The van der Waals surface area contributed by atoms with Crippen molar-refractivity contribution in [2.24, 2.45) is 17.6 Å². The molecule has 0 amide bonds. The number of nitrogens with zero attached hydrogens (tertiary/aromatic N) is 1. The highest BCUT2D eigenvalue weighted by Gasteiger charge is 2.44. The second-order valence-corrected chi connectivity index (χ2v) is 7.32. The minimum Gasteiger partial charge on any atom is -0.378 e. The fourth-order valence-corrected chi connectivity index (χ4v) is 4.90. The number of fused-ring (bicyclic) bond motifs is 1. The Kier molecular flexibility index (Phi) is 4.68. The molecule has 0 bridgehead atoms. The standard InChI is InChI=1S/C17H32N2O/c1-2-16-11-17(13-18,8-10-20-16)19-9-7-14-5-3-4-6-15(14)12-19/h14-16H,2-13,18H2,1H3. The van der Waals surface area contributed by atoms with Gasteiger partial charge in [-0.25, -0.2) is 0 Å². The second kappa shape index (κ2) is 6.33. The average Bonchev–Trinajstić information content (AvgIpc) is 2.54. The number of likely N-dealkylation sites (tertiary alicyclic amines) is 1. The molecule has 3 aliphatic rings. The molecule has 20 heavy (non-hydrogen) atoms. The Morgan fingerprint density at radius 3 is 2.75 bits per heavy atom. The summed E-state index contributed by atoms with van der Waals surface area (Å²) in [5.41, 5.74) is 6.49. The predicted octanol–water partition coefficient (Wildman–Crippen LogP) is 2.79. The van der Waals surface area contributed by atoms with E-state index >= 15 is 0 Å². The Morgan fingerprint density at radius 2 is 2.00 bits per heavy atom. The Bertz CT molecular complexity index is 322. The van der Waals surface area contributed by atoms with Crippen LogP contribution in [0.25, 0.3) is 0 Å². The van der Waals surface area contributed by atoms with E-state index in [-0.39, 0.29) is 5.54 Å². The highest BCUT2D eigenvalue weighted by molar-refractivity contribution is 4.99. The van der Waals surface area contributed by atoms with E-state index in [0.29, 0.717) is 6.10 Å². The highest BCUT2D eigenvalue weighted by Crippen LogP contribution is 2.41. The first kappa shape index (κ1) is 14.8. The zero-order valence-electron chi connectivity index (χ0n) is 13.2. The van der Waals surface area contributed by atoms with Crippen LogP contribution in [0.5, 0.6) is 0 Å². The maximum Gasteiger partial charge on any atom is 0.0590 e. The highest BCUT2D eigenvalue weighted by atomic mass is 16.5. The van der Waals surface area contributed by atoms with Crippen molar-refractivity contribution in [2.45, 2.75) is 69.9 Å². The van der Waals surface area contributed by atoms with Crippen molar-refractivity contribution >= 4 is 0 Å². The van der Waals surface area contributed by atoms with Crippen molar-refractivity contribution in [1.29, 1.82) is 0 Å². The van der Waals surface area contributed by atoms with Crippen molar-refractivity contribution in [2.75, 3.05) is 26.2 Å². The maximum absolute atomic E-state index is 6.26. The minimum absolute atomic E-state index is 0.237. The molecule has 0 spiro atoms. The molecule has 3 fully saturated rings. The minimum atomic E-state index is 0.237. The van der Waals surface area contributed by atoms with Gasteiger partial charge in [0.25, 0.3) is 0 Å². The molecule has 1 aliphatic carbocycles. The maximum atomic E-state index is 6.26. The number of ether oxygens (including phenoxy) is 1. The molecule has 0 aromatic heterocycles. The van der Waals surface area contributed by atoms with Gasteiger partial charge in [0.2, 0.25) is 0 Å². The van der Waals surface area contributed by atoms with Gasteiger partial charge in [0, 0.05) is 25.2 Å². The number of hydrogen-bond donors (Lipinski definition) is 1. The van der Waals surface area contributed by atoms with E-state index in [9.17, 15) is 0 Å². The van der Waals surface area contributed by atoms with Gasteiger partial charge in [-0.1, -0.05) is 26.2 Å². The van der Waals surface area contributed by atoms with Gasteiger partial charge in [-0.15, -0.1) is 0 Å². The number of nitrogens with two attached hydrogens (primary N) is 1. The molecule has 4 unspecified atom stereocenters. The fourth-order valence-electron chi connectivity index (χ4n) is 4.90. The number of rotatable bonds is 3. The number of piperidine rings is 1. The summed E-state index contributed by atoms with van der Waals surface area (Å²) in [5.74, 6) is 1.96. The Hall–Kier alpha value is -0.120. The van der Waals surface area contributed by atoms with Crippen molar-refractivity contribution in [3.05, 3.63) is 0 Å². The van der Waals surface area contributed by atoms with Gasteiger partial charge in [0.05, 0.1) is 6.10 Å². The van der Waals surface area contributed by atoms with E-state index in [2.05, 4.69) is 11.8 Å². The van der Waals surface area contributed by atoms with Crippen LogP contribution in [-0.2, 0) is 4.74 Å². The van der Waals surface area contributed by atoms with Crippen molar-refractivity contribution in [3.8, 4) is 0 Å². The third-order valence-corrected chi connectivity index (χ3v) is 6.33. The van der Waals surface area contributed by atoms with E-state index < -0.39 is 0 Å². The monoisotopic (exact) mass is 280 g/mol. The quantitative estimate of drug-likeness (QED) is 0.864. The summed E-state index contributed by atoms with van der Waals surface area (Å²) in [7, 11) is 0. The molecule has 3 rings (SSSR count). The van der Waals surface area contributed by atoms with E-state index in [1.54, 1.807) is 0 Å². The molecule has 2 saturated heterocycles. The first-order valence-electron chi connectivity index (χ1n) is 8.84. The first-order chi connectivity index (χ1) is 9.77. The Labute approximate surface area is 124 Å². The van der Waals surface area contributed by atoms with Gasteiger partial charge in [-0.3, -0.25) is 4.90 Å². The summed E-state index contributed by atoms with van der Waals surface area (Å²) in [6.07, 6.45) is 11.1. The van der Waals surface area contributed by atoms with Crippen LogP contribution in [0.15, 0.2) is 0 Å². The van der Waals surface area contributed by atoms with Crippen LogP contribution in [0.4, 0.5) is 0 Å². The topological polar surface area (TPSA) is 38.5 Å². The molecule has 3 heteroatoms. The lowest BCUT2D eigenvalue weighted by Gasteiger charge is -2.53. The van der Waals surface area contributed by atoms with E-state index in [4.69, 9.17) is 10.5 Å². The lowest BCUT2D eigenvalue weighted by atomic mass is 9.73. The van der Waals surface area contributed by atoms with Gasteiger partial charge < -0.3 is 10.5 Å². The normalized spacial score (nSPS) is 43.2. The molecule has 1 saturated carbocycles. The van der Waals surface area contributed by atoms with Gasteiger partial charge in [0.15, 0.2) is 0 Å².